The lowest BCUT2D eigenvalue weighted by molar-refractivity contribution is 0.102. The number of rotatable bonds is 4. The third-order valence-electron chi connectivity index (χ3n) is 4.80. The predicted molar refractivity (Wildman–Crippen MR) is 107 cm³/mol. The number of carbonyl (C=O) groups excluding carboxylic acids is 1. The van der Waals surface area contributed by atoms with Crippen LogP contribution in [0.1, 0.15) is 10.4 Å². The third kappa shape index (κ3) is 4.31. The number of aromatic nitrogens is 2. The summed E-state index contributed by atoms with van der Waals surface area (Å²) >= 11 is 0. The third-order valence-corrected chi connectivity index (χ3v) is 4.80. The Kier molecular flexibility index (Phi) is 5.33. The van der Waals surface area contributed by atoms with E-state index in [2.05, 4.69) is 37.4 Å². The Labute approximate surface area is 166 Å². The molecule has 0 spiro atoms. The standard InChI is InChI=1S/C21H19F2N5O/c22-17-7-6-15(14-18(17)23)21(29)24-19-8-9-20(26-25-19)28-12-10-27(11-13-28)16-4-2-1-3-5-16/h1-9,14H,10-13H2,(H,24,25,29). The van der Waals surface area contributed by atoms with Crippen LogP contribution in [-0.4, -0.2) is 42.3 Å². The topological polar surface area (TPSA) is 61.4 Å². The molecule has 0 radical (unpaired) electrons. The molecule has 3 aromatic rings. The highest BCUT2D eigenvalue weighted by Gasteiger charge is 2.19. The minimum Gasteiger partial charge on any atom is -0.368 e. The minimum atomic E-state index is -1.08. The summed E-state index contributed by atoms with van der Waals surface area (Å²) in [5.74, 6) is -1.69. The second kappa shape index (κ2) is 8.22. The molecule has 1 aromatic heterocycles. The Balaban J connectivity index is 1.36. The number of benzene rings is 2. The van der Waals surface area contributed by atoms with Crippen LogP contribution in [0.5, 0.6) is 0 Å². The molecule has 1 amide bonds. The molecule has 29 heavy (non-hydrogen) atoms. The first-order valence-corrected chi connectivity index (χ1v) is 9.25. The number of hydrogen-bond donors (Lipinski definition) is 1. The molecule has 0 aliphatic carbocycles. The highest BCUT2D eigenvalue weighted by atomic mass is 19.2. The molecule has 1 fully saturated rings. The zero-order valence-corrected chi connectivity index (χ0v) is 15.6. The molecule has 2 aromatic carbocycles. The molecule has 0 atom stereocenters. The van der Waals surface area contributed by atoms with Crippen LogP contribution in [0.15, 0.2) is 60.7 Å². The van der Waals surface area contributed by atoms with Gasteiger partial charge in [0.05, 0.1) is 0 Å². The van der Waals surface area contributed by atoms with Gasteiger partial charge in [0.15, 0.2) is 23.3 Å². The van der Waals surface area contributed by atoms with E-state index in [9.17, 15) is 13.6 Å². The number of halogens is 2. The van der Waals surface area contributed by atoms with E-state index in [0.717, 1.165) is 44.1 Å². The first-order valence-electron chi connectivity index (χ1n) is 9.25. The SMILES string of the molecule is O=C(Nc1ccc(N2CCN(c3ccccc3)CC2)nn1)c1ccc(F)c(F)c1. The average molecular weight is 395 g/mol. The number of piperazine rings is 1. The minimum absolute atomic E-state index is 0.00631. The Bertz CT molecular complexity index is 990. The van der Waals surface area contributed by atoms with Crippen LogP contribution in [0, 0.1) is 11.6 Å². The number of nitrogens with zero attached hydrogens (tertiary/aromatic N) is 4. The van der Waals surface area contributed by atoms with Gasteiger partial charge < -0.3 is 15.1 Å². The molecule has 148 valence electrons. The van der Waals surface area contributed by atoms with Crippen LogP contribution >= 0.6 is 0 Å². The van der Waals surface area contributed by atoms with Crippen molar-refractivity contribution in [3.05, 3.63) is 77.9 Å². The number of anilines is 3. The van der Waals surface area contributed by atoms with Gasteiger partial charge in [0.25, 0.3) is 5.91 Å². The maximum Gasteiger partial charge on any atom is 0.256 e. The van der Waals surface area contributed by atoms with E-state index < -0.39 is 17.5 Å². The number of hydrogen-bond acceptors (Lipinski definition) is 5. The van der Waals surface area contributed by atoms with Crippen LogP contribution < -0.4 is 15.1 Å². The van der Waals surface area contributed by atoms with Gasteiger partial charge in [-0.15, -0.1) is 10.2 Å². The van der Waals surface area contributed by atoms with E-state index in [1.807, 2.05) is 18.2 Å². The van der Waals surface area contributed by atoms with Gasteiger partial charge >= 0.3 is 0 Å². The molecule has 1 aliphatic heterocycles. The Hall–Kier alpha value is -3.55. The highest BCUT2D eigenvalue weighted by molar-refractivity contribution is 6.03. The maximum absolute atomic E-state index is 13.3. The van der Waals surface area contributed by atoms with Crippen LogP contribution in [0.25, 0.3) is 0 Å². The largest absolute Gasteiger partial charge is 0.368 e. The van der Waals surface area contributed by atoms with Crippen molar-refractivity contribution < 1.29 is 13.6 Å². The van der Waals surface area contributed by atoms with E-state index in [4.69, 9.17) is 0 Å². The molecule has 0 unspecified atom stereocenters. The lowest BCUT2D eigenvalue weighted by Gasteiger charge is -2.36. The van der Waals surface area contributed by atoms with Gasteiger partial charge in [-0.3, -0.25) is 4.79 Å². The smallest absolute Gasteiger partial charge is 0.256 e. The Morgan fingerprint density at radius 2 is 1.55 bits per heavy atom. The van der Waals surface area contributed by atoms with Crippen molar-refractivity contribution in [3.63, 3.8) is 0 Å². The number of nitrogens with one attached hydrogen (secondary N) is 1. The van der Waals surface area contributed by atoms with Gasteiger partial charge in [-0.2, -0.15) is 0 Å². The molecule has 2 heterocycles. The van der Waals surface area contributed by atoms with E-state index in [1.165, 1.54) is 11.8 Å². The maximum atomic E-state index is 13.3. The number of carbonyl (C=O) groups is 1. The van der Waals surface area contributed by atoms with Gasteiger partial charge in [0.1, 0.15) is 0 Å². The summed E-state index contributed by atoms with van der Waals surface area (Å²) in [4.78, 5) is 16.6. The zero-order chi connectivity index (χ0) is 20.2. The monoisotopic (exact) mass is 395 g/mol. The molecule has 4 rings (SSSR count). The van der Waals surface area contributed by atoms with E-state index in [-0.39, 0.29) is 11.4 Å². The fourth-order valence-electron chi connectivity index (χ4n) is 3.22. The van der Waals surface area contributed by atoms with E-state index >= 15 is 0 Å². The molecule has 1 aliphatic rings. The van der Waals surface area contributed by atoms with Crippen molar-refractivity contribution in [3.8, 4) is 0 Å². The van der Waals surface area contributed by atoms with Gasteiger partial charge in [-0.1, -0.05) is 18.2 Å². The molecule has 8 heteroatoms. The quantitative estimate of drug-likeness (QED) is 0.734. The lowest BCUT2D eigenvalue weighted by Crippen LogP contribution is -2.46. The second-order valence-electron chi connectivity index (χ2n) is 6.67. The summed E-state index contributed by atoms with van der Waals surface area (Å²) in [6.45, 7) is 3.37. The second-order valence-corrected chi connectivity index (χ2v) is 6.67. The fraction of sp³-hybridized carbons (Fsp3) is 0.190. The highest BCUT2D eigenvalue weighted by Crippen LogP contribution is 2.19. The van der Waals surface area contributed by atoms with Crippen LogP contribution in [0.2, 0.25) is 0 Å². The van der Waals surface area contributed by atoms with Gasteiger partial charge in [-0.05, 0) is 42.5 Å². The summed E-state index contributed by atoms with van der Waals surface area (Å²) in [5, 5.41) is 10.8. The molecule has 6 nitrogen and oxygen atoms in total. The molecule has 1 N–H and O–H groups in total. The molecule has 0 bridgehead atoms. The summed E-state index contributed by atoms with van der Waals surface area (Å²) in [7, 11) is 0. The van der Waals surface area contributed by atoms with Crippen molar-refractivity contribution >= 4 is 23.2 Å². The van der Waals surface area contributed by atoms with Crippen molar-refractivity contribution in [1.82, 2.24) is 10.2 Å². The Morgan fingerprint density at radius 1 is 0.828 bits per heavy atom. The molecular weight excluding hydrogens is 376 g/mol. The number of amides is 1. The summed E-state index contributed by atoms with van der Waals surface area (Å²) in [6.07, 6.45) is 0. The van der Waals surface area contributed by atoms with Crippen LogP contribution in [0.4, 0.5) is 26.1 Å². The van der Waals surface area contributed by atoms with Gasteiger partial charge in [0, 0.05) is 37.4 Å². The molecular formula is C21H19F2N5O. The summed E-state index contributed by atoms with van der Waals surface area (Å²) in [5.41, 5.74) is 1.21. The zero-order valence-electron chi connectivity index (χ0n) is 15.6. The summed E-state index contributed by atoms with van der Waals surface area (Å²) in [6, 6.07) is 16.6. The lowest BCUT2D eigenvalue weighted by atomic mass is 10.2. The van der Waals surface area contributed by atoms with Gasteiger partial charge in [0.2, 0.25) is 0 Å². The number of para-hydroxylation sites is 1. The van der Waals surface area contributed by atoms with Crippen molar-refractivity contribution in [2.45, 2.75) is 0 Å². The van der Waals surface area contributed by atoms with E-state index in [1.54, 1.807) is 12.1 Å². The normalized spacial score (nSPS) is 14.0. The fourth-order valence-corrected chi connectivity index (χ4v) is 3.22. The van der Waals surface area contributed by atoms with Crippen LogP contribution in [0.3, 0.4) is 0 Å². The predicted octanol–water partition coefficient (Wildman–Crippen LogP) is 3.33. The first-order chi connectivity index (χ1) is 14.1. The first kappa shape index (κ1) is 18.8. The van der Waals surface area contributed by atoms with Crippen molar-refractivity contribution in [2.75, 3.05) is 41.3 Å². The van der Waals surface area contributed by atoms with Crippen molar-refractivity contribution in [2.24, 2.45) is 0 Å². The van der Waals surface area contributed by atoms with E-state index in [0.29, 0.717) is 0 Å². The van der Waals surface area contributed by atoms with Crippen LogP contribution in [-0.2, 0) is 0 Å². The molecule has 0 saturated carbocycles. The Morgan fingerprint density at radius 3 is 2.21 bits per heavy atom. The van der Waals surface area contributed by atoms with Gasteiger partial charge in [-0.25, -0.2) is 8.78 Å². The van der Waals surface area contributed by atoms with Crippen molar-refractivity contribution in [1.29, 1.82) is 0 Å². The molecule has 1 saturated heterocycles. The average Bonchev–Trinajstić information content (AvgIpc) is 2.77. The summed E-state index contributed by atoms with van der Waals surface area (Å²) < 4.78 is 26.3.